The molecular weight excluding hydrogens is 368 g/mol. The molecule has 25 heavy (non-hydrogen) atoms. The van der Waals surface area contributed by atoms with E-state index in [0.717, 1.165) is 6.26 Å². The van der Waals surface area contributed by atoms with Crippen LogP contribution in [0, 0.1) is 0 Å². The summed E-state index contributed by atoms with van der Waals surface area (Å²) < 4.78 is 35.3. The quantitative estimate of drug-likeness (QED) is 0.798. The molecule has 2 aromatic carbocycles. The van der Waals surface area contributed by atoms with Crippen molar-refractivity contribution < 1.29 is 22.7 Å². The fraction of sp³-hybridized carbons (Fsp3) is 0.188. The maximum Gasteiger partial charge on any atom is 0.255 e. The molecule has 7 nitrogen and oxygen atoms in total. The molecule has 0 atom stereocenters. The van der Waals surface area contributed by atoms with Gasteiger partial charge in [-0.05, 0) is 30.3 Å². The van der Waals surface area contributed by atoms with Crippen LogP contribution in [0.25, 0.3) is 0 Å². The van der Waals surface area contributed by atoms with E-state index in [-0.39, 0.29) is 16.3 Å². The lowest BCUT2D eigenvalue weighted by molar-refractivity contribution is 0.102. The molecule has 0 heterocycles. The van der Waals surface area contributed by atoms with Crippen molar-refractivity contribution in [1.82, 2.24) is 0 Å². The van der Waals surface area contributed by atoms with Gasteiger partial charge in [-0.15, -0.1) is 0 Å². The lowest BCUT2D eigenvalue weighted by Gasteiger charge is -2.13. The van der Waals surface area contributed by atoms with Gasteiger partial charge >= 0.3 is 0 Å². The number of carbonyl (C=O) groups is 1. The van der Waals surface area contributed by atoms with Crippen LogP contribution in [-0.2, 0) is 10.0 Å². The predicted molar refractivity (Wildman–Crippen MR) is 97.4 cm³/mol. The third-order valence-corrected chi connectivity index (χ3v) is 4.10. The Hall–Kier alpha value is -2.45. The normalized spacial score (nSPS) is 10.9. The zero-order valence-corrected chi connectivity index (χ0v) is 15.4. The Labute approximate surface area is 151 Å². The minimum Gasteiger partial charge on any atom is -0.497 e. The summed E-state index contributed by atoms with van der Waals surface area (Å²) in [6, 6.07) is 9.23. The number of amides is 1. The number of sulfonamides is 1. The monoisotopic (exact) mass is 384 g/mol. The van der Waals surface area contributed by atoms with Crippen LogP contribution in [0.15, 0.2) is 36.4 Å². The molecule has 2 N–H and O–H groups in total. The largest absolute Gasteiger partial charge is 0.497 e. The molecule has 0 aliphatic carbocycles. The summed E-state index contributed by atoms with van der Waals surface area (Å²) in [6.07, 6.45) is 0.998. The van der Waals surface area contributed by atoms with Crippen molar-refractivity contribution in [1.29, 1.82) is 0 Å². The fourth-order valence-corrected chi connectivity index (χ4v) is 2.83. The second kappa shape index (κ2) is 7.62. The third-order valence-electron chi connectivity index (χ3n) is 3.18. The maximum atomic E-state index is 12.4. The van der Waals surface area contributed by atoms with Gasteiger partial charge in [-0.25, -0.2) is 8.42 Å². The first kappa shape index (κ1) is 18.9. The van der Waals surface area contributed by atoms with Gasteiger partial charge in [0.1, 0.15) is 11.5 Å². The van der Waals surface area contributed by atoms with E-state index in [0.29, 0.717) is 17.2 Å². The van der Waals surface area contributed by atoms with Crippen LogP contribution in [0.1, 0.15) is 10.4 Å². The van der Waals surface area contributed by atoms with E-state index in [9.17, 15) is 13.2 Å². The Bertz CT molecular complexity index is 899. The van der Waals surface area contributed by atoms with E-state index in [4.69, 9.17) is 21.1 Å². The summed E-state index contributed by atoms with van der Waals surface area (Å²) in [4.78, 5) is 12.4. The fourth-order valence-electron chi connectivity index (χ4n) is 2.04. The lowest BCUT2D eigenvalue weighted by Crippen LogP contribution is -2.14. The van der Waals surface area contributed by atoms with E-state index in [1.807, 2.05) is 0 Å². The summed E-state index contributed by atoms with van der Waals surface area (Å²) in [5, 5.41) is 2.88. The van der Waals surface area contributed by atoms with Gasteiger partial charge in [0.05, 0.1) is 36.9 Å². The first-order chi connectivity index (χ1) is 11.7. The number of nitrogens with one attached hydrogen (secondary N) is 2. The molecule has 0 bridgehead atoms. The number of halogens is 1. The van der Waals surface area contributed by atoms with Gasteiger partial charge in [-0.2, -0.15) is 0 Å². The van der Waals surface area contributed by atoms with Gasteiger partial charge in [0.2, 0.25) is 10.0 Å². The first-order valence-electron chi connectivity index (χ1n) is 7.04. The second-order valence-corrected chi connectivity index (χ2v) is 7.24. The zero-order chi connectivity index (χ0) is 18.6. The number of hydrogen-bond acceptors (Lipinski definition) is 5. The molecule has 0 unspecified atom stereocenters. The number of hydrogen-bond donors (Lipinski definition) is 2. The molecule has 1 amide bonds. The number of carbonyl (C=O) groups excluding carboxylic acids is 1. The molecule has 0 saturated carbocycles. The Balaban J connectivity index is 2.28. The van der Waals surface area contributed by atoms with Crippen LogP contribution >= 0.6 is 11.6 Å². The molecule has 2 aromatic rings. The molecule has 0 aliphatic rings. The highest BCUT2D eigenvalue weighted by molar-refractivity contribution is 7.92. The van der Waals surface area contributed by atoms with Crippen LogP contribution in [-0.4, -0.2) is 34.8 Å². The summed E-state index contributed by atoms with van der Waals surface area (Å²) in [5.41, 5.74) is 0.799. The molecule has 0 fully saturated rings. The molecule has 0 spiro atoms. The van der Waals surface area contributed by atoms with Gasteiger partial charge in [0.25, 0.3) is 5.91 Å². The van der Waals surface area contributed by atoms with Crippen LogP contribution in [0.5, 0.6) is 11.5 Å². The van der Waals surface area contributed by atoms with Crippen molar-refractivity contribution in [2.24, 2.45) is 0 Å². The van der Waals surface area contributed by atoms with Crippen LogP contribution in [0.4, 0.5) is 11.4 Å². The van der Waals surface area contributed by atoms with E-state index >= 15 is 0 Å². The molecule has 9 heteroatoms. The lowest BCUT2D eigenvalue weighted by atomic mass is 10.2. The number of anilines is 2. The smallest absolute Gasteiger partial charge is 0.255 e. The number of benzene rings is 2. The molecule has 0 saturated heterocycles. The molecule has 0 aromatic heterocycles. The second-order valence-electron chi connectivity index (χ2n) is 5.09. The average molecular weight is 385 g/mol. The van der Waals surface area contributed by atoms with Crippen molar-refractivity contribution in [3.63, 3.8) is 0 Å². The van der Waals surface area contributed by atoms with Gasteiger partial charge in [0.15, 0.2) is 0 Å². The highest BCUT2D eigenvalue weighted by Crippen LogP contribution is 2.30. The van der Waals surface area contributed by atoms with Crippen LogP contribution < -0.4 is 19.5 Å². The summed E-state index contributed by atoms with van der Waals surface area (Å²) in [5.74, 6) is 0.564. The summed E-state index contributed by atoms with van der Waals surface area (Å²) in [7, 11) is -0.522. The highest BCUT2D eigenvalue weighted by atomic mass is 35.5. The molecule has 0 radical (unpaired) electrons. The van der Waals surface area contributed by atoms with Crippen molar-refractivity contribution in [2.75, 3.05) is 30.5 Å². The Kier molecular flexibility index (Phi) is 5.76. The average Bonchev–Trinajstić information content (AvgIpc) is 2.55. The van der Waals surface area contributed by atoms with E-state index < -0.39 is 15.9 Å². The van der Waals surface area contributed by atoms with Crippen molar-refractivity contribution >= 4 is 38.9 Å². The van der Waals surface area contributed by atoms with Gasteiger partial charge in [0, 0.05) is 11.6 Å². The van der Waals surface area contributed by atoms with Crippen molar-refractivity contribution in [3.8, 4) is 11.5 Å². The van der Waals surface area contributed by atoms with Gasteiger partial charge in [-0.3, -0.25) is 9.52 Å². The van der Waals surface area contributed by atoms with E-state index in [2.05, 4.69) is 10.0 Å². The Morgan fingerprint density at radius 2 is 1.76 bits per heavy atom. The summed E-state index contributed by atoms with van der Waals surface area (Å²) in [6.45, 7) is 0. The van der Waals surface area contributed by atoms with Crippen molar-refractivity contribution in [2.45, 2.75) is 0 Å². The molecular formula is C16H17ClN2O5S. The standard InChI is InChI=1S/C16H17ClN2O5S/c1-23-11-5-7-13(15(9-11)24-2)18-16(20)10-4-6-12(17)14(8-10)19-25(3,21)22/h4-9,19H,1-3H3,(H,18,20). The van der Waals surface area contributed by atoms with Crippen molar-refractivity contribution in [3.05, 3.63) is 47.0 Å². The highest BCUT2D eigenvalue weighted by Gasteiger charge is 2.14. The minimum absolute atomic E-state index is 0.124. The maximum absolute atomic E-state index is 12.4. The SMILES string of the molecule is COc1ccc(NC(=O)c2ccc(Cl)c(NS(C)(=O)=O)c2)c(OC)c1. The number of ether oxygens (including phenoxy) is 2. The predicted octanol–water partition coefficient (Wildman–Crippen LogP) is 2.98. The van der Waals surface area contributed by atoms with Crippen LogP contribution in [0.2, 0.25) is 5.02 Å². The van der Waals surface area contributed by atoms with E-state index in [1.54, 1.807) is 18.2 Å². The Morgan fingerprint density at radius 1 is 1.04 bits per heavy atom. The number of rotatable bonds is 6. The van der Waals surface area contributed by atoms with E-state index in [1.165, 1.54) is 32.4 Å². The van der Waals surface area contributed by atoms with Gasteiger partial charge < -0.3 is 14.8 Å². The number of methoxy groups -OCH3 is 2. The molecule has 134 valence electrons. The van der Waals surface area contributed by atoms with Gasteiger partial charge in [-0.1, -0.05) is 11.6 Å². The zero-order valence-electron chi connectivity index (χ0n) is 13.8. The minimum atomic E-state index is -3.52. The third kappa shape index (κ3) is 5.01. The molecule has 2 rings (SSSR count). The summed E-state index contributed by atoms with van der Waals surface area (Å²) >= 11 is 5.96. The Morgan fingerprint density at radius 3 is 2.36 bits per heavy atom. The van der Waals surface area contributed by atoms with Crippen LogP contribution in [0.3, 0.4) is 0 Å². The molecule has 0 aliphatic heterocycles. The first-order valence-corrected chi connectivity index (χ1v) is 9.31. The topological polar surface area (TPSA) is 93.7 Å².